The number of para-hydroxylation sites is 1. The number of nitrogens with zero attached hydrogens (tertiary/aromatic N) is 2. The van der Waals surface area contributed by atoms with Crippen molar-refractivity contribution in [2.45, 2.75) is 0 Å². The van der Waals surface area contributed by atoms with Crippen LogP contribution in [0.3, 0.4) is 0 Å². The minimum Gasteiger partial charge on any atom is -0.395 e. The van der Waals surface area contributed by atoms with Crippen molar-refractivity contribution in [1.29, 1.82) is 0 Å². The fourth-order valence-corrected chi connectivity index (χ4v) is 2.22. The average Bonchev–Trinajstić information content (AvgIpc) is 2.92. The Hall–Kier alpha value is -1.92. The molecule has 2 N–H and O–H groups in total. The molecule has 6 heteroatoms. The molecule has 0 aliphatic rings. The maximum absolute atomic E-state index is 11.9. The molecule has 0 fully saturated rings. The highest BCUT2D eigenvalue weighted by molar-refractivity contribution is 7.13. The zero-order valence-electron chi connectivity index (χ0n) is 10.3. The Bertz CT molecular complexity index is 502. The monoisotopic (exact) mass is 277 g/mol. The lowest BCUT2D eigenvalue weighted by Crippen LogP contribution is -2.35. The topological polar surface area (TPSA) is 65.5 Å². The third-order valence-corrected chi connectivity index (χ3v) is 3.19. The Morgan fingerprint density at radius 3 is 2.79 bits per heavy atom. The van der Waals surface area contributed by atoms with Gasteiger partial charge in [0.25, 0.3) is 0 Å². The van der Waals surface area contributed by atoms with Crippen molar-refractivity contribution in [3.63, 3.8) is 0 Å². The number of aliphatic hydroxyl groups excluding tert-OH is 1. The molecule has 0 bridgehead atoms. The lowest BCUT2D eigenvalue weighted by Gasteiger charge is -2.22. The lowest BCUT2D eigenvalue weighted by atomic mass is 10.3. The quantitative estimate of drug-likeness (QED) is 0.841. The van der Waals surface area contributed by atoms with Crippen molar-refractivity contribution in [2.24, 2.45) is 0 Å². The Balaban J connectivity index is 1.98. The molecule has 2 aromatic rings. The molecule has 5 nitrogen and oxygen atoms in total. The van der Waals surface area contributed by atoms with Gasteiger partial charge in [0.2, 0.25) is 5.91 Å². The Morgan fingerprint density at radius 1 is 1.37 bits per heavy atom. The van der Waals surface area contributed by atoms with E-state index in [2.05, 4.69) is 10.3 Å². The predicted octanol–water partition coefficient (Wildman–Crippen LogP) is 1.58. The number of aliphatic hydroxyl groups is 1. The minimum atomic E-state index is -0.146. The van der Waals surface area contributed by atoms with Gasteiger partial charge in [-0.2, -0.15) is 0 Å². The van der Waals surface area contributed by atoms with Crippen molar-refractivity contribution in [3.8, 4) is 0 Å². The first-order valence-corrected chi connectivity index (χ1v) is 6.78. The number of hydrogen-bond donors (Lipinski definition) is 2. The molecule has 1 heterocycles. The zero-order valence-corrected chi connectivity index (χ0v) is 11.1. The third-order valence-electron chi connectivity index (χ3n) is 2.50. The van der Waals surface area contributed by atoms with Crippen LogP contribution in [-0.2, 0) is 4.79 Å². The van der Waals surface area contributed by atoms with Crippen molar-refractivity contribution in [2.75, 3.05) is 29.9 Å². The average molecular weight is 277 g/mol. The standard InChI is InChI=1S/C13H15N3O2S/c17-8-7-16(11-4-2-1-3-5-11)10-12(18)15-13-14-6-9-19-13/h1-6,9,17H,7-8,10H2,(H,14,15,18). The van der Waals surface area contributed by atoms with Crippen molar-refractivity contribution < 1.29 is 9.90 Å². The smallest absolute Gasteiger partial charge is 0.245 e. The van der Waals surface area contributed by atoms with Gasteiger partial charge < -0.3 is 15.3 Å². The highest BCUT2D eigenvalue weighted by Gasteiger charge is 2.11. The number of amides is 1. The highest BCUT2D eigenvalue weighted by atomic mass is 32.1. The van der Waals surface area contributed by atoms with Gasteiger partial charge >= 0.3 is 0 Å². The summed E-state index contributed by atoms with van der Waals surface area (Å²) in [5, 5.41) is 14.2. The molecule has 2 rings (SSSR count). The summed E-state index contributed by atoms with van der Waals surface area (Å²) >= 11 is 1.38. The van der Waals surface area contributed by atoms with Crippen LogP contribution in [0, 0.1) is 0 Å². The molecular formula is C13H15N3O2S. The van der Waals surface area contributed by atoms with E-state index in [1.165, 1.54) is 11.3 Å². The van der Waals surface area contributed by atoms with E-state index in [4.69, 9.17) is 5.11 Å². The molecule has 0 saturated carbocycles. The van der Waals surface area contributed by atoms with E-state index in [-0.39, 0.29) is 19.1 Å². The second-order valence-electron chi connectivity index (χ2n) is 3.87. The summed E-state index contributed by atoms with van der Waals surface area (Å²) in [7, 11) is 0. The molecule has 19 heavy (non-hydrogen) atoms. The number of thiazole rings is 1. The third kappa shape index (κ3) is 4.04. The van der Waals surface area contributed by atoms with Gasteiger partial charge in [-0.25, -0.2) is 4.98 Å². The van der Waals surface area contributed by atoms with Crippen LogP contribution in [0.1, 0.15) is 0 Å². The van der Waals surface area contributed by atoms with Crippen LogP contribution in [0.5, 0.6) is 0 Å². The maximum atomic E-state index is 11.9. The van der Waals surface area contributed by atoms with Gasteiger partial charge in [-0.1, -0.05) is 18.2 Å². The number of aromatic nitrogens is 1. The Labute approximate surface area is 115 Å². The fourth-order valence-electron chi connectivity index (χ4n) is 1.68. The molecule has 0 radical (unpaired) electrons. The first kappa shape index (κ1) is 13.5. The molecule has 1 aromatic carbocycles. The number of anilines is 2. The number of carbonyl (C=O) groups excluding carboxylic acids is 1. The molecule has 100 valence electrons. The molecule has 0 atom stereocenters. The van der Waals surface area contributed by atoms with E-state index in [1.54, 1.807) is 11.6 Å². The van der Waals surface area contributed by atoms with Crippen LogP contribution in [0.2, 0.25) is 0 Å². The van der Waals surface area contributed by atoms with E-state index in [1.807, 2.05) is 35.2 Å². The number of hydrogen-bond acceptors (Lipinski definition) is 5. The summed E-state index contributed by atoms with van der Waals surface area (Å²) in [5.74, 6) is -0.146. The second kappa shape index (κ2) is 6.86. The van der Waals surface area contributed by atoms with E-state index in [0.29, 0.717) is 11.7 Å². The van der Waals surface area contributed by atoms with Crippen LogP contribution in [0.25, 0.3) is 0 Å². The molecular weight excluding hydrogens is 262 g/mol. The van der Waals surface area contributed by atoms with Crippen LogP contribution in [0.15, 0.2) is 41.9 Å². The maximum Gasteiger partial charge on any atom is 0.245 e. The largest absolute Gasteiger partial charge is 0.395 e. The van der Waals surface area contributed by atoms with Gasteiger partial charge in [-0.3, -0.25) is 4.79 Å². The van der Waals surface area contributed by atoms with Crippen molar-refractivity contribution in [1.82, 2.24) is 4.98 Å². The van der Waals surface area contributed by atoms with Crippen molar-refractivity contribution >= 4 is 28.1 Å². The van der Waals surface area contributed by atoms with Gasteiger partial charge in [0, 0.05) is 23.8 Å². The Morgan fingerprint density at radius 2 is 2.16 bits per heavy atom. The summed E-state index contributed by atoms with van der Waals surface area (Å²) in [6.45, 7) is 0.596. The van der Waals surface area contributed by atoms with Gasteiger partial charge in [-0.15, -0.1) is 11.3 Å². The lowest BCUT2D eigenvalue weighted by molar-refractivity contribution is -0.115. The van der Waals surface area contributed by atoms with Crippen LogP contribution < -0.4 is 10.2 Å². The predicted molar refractivity (Wildman–Crippen MR) is 76.5 cm³/mol. The second-order valence-corrected chi connectivity index (χ2v) is 4.76. The highest BCUT2D eigenvalue weighted by Crippen LogP contribution is 2.14. The van der Waals surface area contributed by atoms with Gasteiger partial charge in [0.05, 0.1) is 13.2 Å². The van der Waals surface area contributed by atoms with E-state index in [9.17, 15) is 4.79 Å². The van der Waals surface area contributed by atoms with Crippen LogP contribution in [-0.4, -0.2) is 35.7 Å². The minimum absolute atomic E-state index is 0.000569. The molecule has 0 aliphatic carbocycles. The number of benzene rings is 1. The molecule has 1 aromatic heterocycles. The first-order chi connectivity index (χ1) is 9.29. The Kier molecular flexibility index (Phi) is 4.88. The molecule has 0 aliphatic heterocycles. The normalized spacial score (nSPS) is 10.2. The van der Waals surface area contributed by atoms with Crippen molar-refractivity contribution in [3.05, 3.63) is 41.9 Å². The summed E-state index contributed by atoms with van der Waals surface area (Å²) in [6, 6.07) is 9.53. The molecule has 0 unspecified atom stereocenters. The summed E-state index contributed by atoms with van der Waals surface area (Å²) in [4.78, 5) is 17.7. The molecule has 0 saturated heterocycles. The zero-order chi connectivity index (χ0) is 13.5. The molecule has 1 amide bonds. The number of nitrogens with one attached hydrogen (secondary N) is 1. The number of carbonyl (C=O) groups is 1. The van der Waals surface area contributed by atoms with Gasteiger partial charge in [0.15, 0.2) is 5.13 Å². The fraction of sp³-hybridized carbons (Fsp3) is 0.231. The SMILES string of the molecule is O=C(CN(CCO)c1ccccc1)Nc1nccs1. The molecule has 0 spiro atoms. The van der Waals surface area contributed by atoms with E-state index in [0.717, 1.165) is 5.69 Å². The van der Waals surface area contributed by atoms with E-state index < -0.39 is 0 Å². The van der Waals surface area contributed by atoms with Gasteiger partial charge in [-0.05, 0) is 12.1 Å². The summed E-state index contributed by atoms with van der Waals surface area (Å²) in [6.07, 6.45) is 1.64. The van der Waals surface area contributed by atoms with E-state index >= 15 is 0 Å². The number of rotatable bonds is 6. The van der Waals surface area contributed by atoms with Crippen LogP contribution in [0.4, 0.5) is 10.8 Å². The van der Waals surface area contributed by atoms with Gasteiger partial charge in [0.1, 0.15) is 0 Å². The first-order valence-electron chi connectivity index (χ1n) is 5.90. The summed E-state index contributed by atoms with van der Waals surface area (Å²) in [5.41, 5.74) is 0.908. The summed E-state index contributed by atoms with van der Waals surface area (Å²) < 4.78 is 0. The van der Waals surface area contributed by atoms with Crippen LogP contribution >= 0.6 is 11.3 Å².